The number of benzene rings is 1. The van der Waals surface area contributed by atoms with Crippen LogP contribution in [0.15, 0.2) is 34.0 Å². The summed E-state index contributed by atoms with van der Waals surface area (Å²) < 4.78 is 45.1. The molecule has 1 aromatic carbocycles. The number of nitrogens with two attached hydrogens (primary N) is 1. The van der Waals surface area contributed by atoms with Crippen LogP contribution in [0.25, 0.3) is 11.2 Å². The minimum absolute atomic E-state index is 0.00276. The number of methoxy groups -OCH3 is 1. The van der Waals surface area contributed by atoms with E-state index in [-0.39, 0.29) is 48.7 Å². The Balaban J connectivity index is 1.72. The molecule has 38 heavy (non-hydrogen) atoms. The van der Waals surface area contributed by atoms with E-state index in [0.29, 0.717) is 30.6 Å². The number of aryl methyl sites for hydroxylation is 1. The molecule has 2 heterocycles. The van der Waals surface area contributed by atoms with Gasteiger partial charge in [0.2, 0.25) is 10.0 Å². The molecule has 3 rings (SSSR count). The first-order chi connectivity index (χ1) is 18.2. The van der Waals surface area contributed by atoms with Crippen LogP contribution in [-0.2, 0) is 26.1 Å². The minimum Gasteiger partial charge on any atom is -0.463 e. The summed E-state index contributed by atoms with van der Waals surface area (Å²) >= 11 is 0. The van der Waals surface area contributed by atoms with Crippen molar-refractivity contribution in [2.24, 2.45) is 0 Å². The monoisotopic (exact) mass is 550 g/mol. The maximum atomic E-state index is 13.3. The maximum Gasteiger partial charge on any atom is 0.327 e. The number of H-pyrrole nitrogens is 1. The molecule has 0 aliphatic heterocycles. The van der Waals surface area contributed by atoms with Crippen molar-refractivity contribution >= 4 is 33.0 Å². The number of hydrogen-bond acceptors (Lipinski definition) is 10. The van der Waals surface area contributed by atoms with E-state index >= 15 is 0 Å². The van der Waals surface area contributed by atoms with Crippen LogP contribution < -0.4 is 20.9 Å². The van der Waals surface area contributed by atoms with Crippen molar-refractivity contribution in [2.45, 2.75) is 51.0 Å². The highest BCUT2D eigenvalue weighted by Crippen LogP contribution is 2.22. The Labute approximate surface area is 221 Å². The number of fused-ring (bicyclic) bond motifs is 1. The topological polar surface area (TPSA) is 172 Å². The number of imidazole rings is 1. The van der Waals surface area contributed by atoms with Gasteiger partial charge in [0.25, 0.3) is 0 Å². The van der Waals surface area contributed by atoms with E-state index in [9.17, 15) is 18.0 Å². The zero-order chi connectivity index (χ0) is 27.7. The van der Waals surface area contributed by atoms with Gasteiger partial charge >= 0.3 is 17.7 Å². The molecule has 3 N–H and O–H groups in total. The molecule has 0 radical (unpaired) electrons. The normalized spacial score (nSPS) is 11.8. The number of ether oxygens (including phenoxy) is 3. The van der Waals surface area contributed by atoms with Crippen LogP contribution in [-0.4, -0.2) is 71.6 Å². The van der Waals surface area contributed by atoms with E-state index in [4.69, 9.17) is 19.9 Å². The lowest BCUT2D eigenvalue weighted by Crippen LogP contribution is -2.35. The highest BCUT2D eigenvalue weighted by molar-refractivity contribution is 7.89. The lowest BCUT2D eigenvalue weighted by Gasteiger charge is -2.22. The Bertz CT molecular complexity index is 1400. The molecule has 13 nitrogen and oxygen atoms in total. The van der Waals surface area contributed by atoms with Crippen molar-refractivity contribution in [2.75, 3.05) is 39.1 Å². The number of aromatic amines is 1. The standard InChI is InChI=1S/C24H34N6O7S/c1-4-5-14-36-23-27-21(25)20-22(28-23)30(24(32)26-20)12-7-6-11-29(13-15-35-3)38(33,34)19-10-8-9-18(16-19)37-17(2)31/h8-10,16H,4-7,11-15H2,1-3H3,(H,26,32)(H2,25,27,28). The molecular formula is C24H34N6O7S. The predicted octanol–water partition coefficient (Wildman–Crippen LogP) is 1.92. The van der Waals surface area contributed by atoms with Gasteiger partial charge in [-0.25, -0.2) is 13.2 Å². The summed E-state index contributed by atoms with van der Waals surface area (Å²) in [6.45, 7) is 4.51. The average molecular weight is 551 g/mol. The number of hydrogen-bond donors (Lipinski definition) is 2. The number of carbonyl (C=O) groups excluding carboxylic acids is 1. The fourth-order valence-electron chi connectivity index (χ4n) is 3.73. The number of nitrogens with one attached hydrogen (secondary N) is 1. The van der Waals surface area contributed by atoms with Gasteiger partial charge in [0, 0.05) is 39.7 Å². The fourth-order valence-corrected chi connectivity index (χ4v) is 5.23. The molecule has 0 bridgehead atoms. The van der Waals surface area contributed by atoms with Crippen molar-refractivity contribution in [1.82, 2.24) is 23.8 Å². The Morgan fingerprint density at radius 2 is 1.95 bits per heavy atom. The second kappa shape index (κ2) is 13.3. The van der Waals surface area contributed by atoms with Gasteiger partial charge in [0.15, 0.2) is 11.5 Å². The first kappa shape index (κ1) is 29.1. The third kappa shape index (κ3) is 7.30. The predicted molar refractivity (Wildman–Crippen MR) is 141 cm³/mol. The largest absolute Gasteiger partial charge is 0.463 e. The molecule has 0 atom stereocenters. The van der Waals surface area contributed by atoms with Gasteiger partial charge in [-0.3, -0.25) is 9.36 Å². The van der Waals surface area contributed by atoms with E-state index < -0.39 is 21.7 Å². The molecule has 208 valence electrons. The second-order valence-corrected chi connectivity index (χ2v) is 10.5. The molecule has 0 saturated heterocycles. The number of unbranched alkanes of at least 4 members (excludes halogenated alkanes) is 2. The molecule has 0 saturated carbocycles. The van der Waals surface area contributed by atoms with Crippen LogP contribution in [0.2, 0.25) is 0 Å². The summed E-state index contributed by atoms with van der Waals surface area (Å²) in [5.74, 6) is -0.288. The summed E-state index contributed by atoms with van der Waals surface area (Å²) in [6, 6.07) is 5.88. The van der Waals surface area contributed by atoms with Gasteiger partial charge in [-0.15, -0.1) is 0 Å². The van der Waals surface area contributed by atoms with Crippen molar-refractivity contribution < 1.29 is 27.4 Å². The molecule has 0 aliphatic rings. The number of nitrogens with zero attached hydrogens (tertiary/aromatic N) is 4. The summed E-state index contributed by atoms with van der Waals surface area (Å²) in [5, 5.41) is 0. The maximum absolute atomic E-state index is 13.3. The number of esters is 1. The molecule has 2 aromatic heterocycles. The van der Waals surface area contributed by atoms with E-state index in [1.54, 1.807) is 0 Å². The average Bonchev–Trinajstić information content (AvgIpc) is 3.19. The molecular weight excluding hydrogens is 516 g/mol. The number of sulfonamides is 1. The summed E-state index contributed by atoms with van der Waals surface area (Å²) in [5.41, 5.74) is 6.27. The minimum atomic E-state index is -3.90. The fraction of sp³-hybridized carbons (Fsp3) is 0.500. The van der Waals surface area contributed by atoms with E-state index in [1.165, 1.54) is 47.2 Å². The van der Waals surface area contributed by atoms with Gasteiger partial charge in [-0.1, -0.05) is 19.4 Å². The van der Waals surface area contributed by atoms with Crippen LogP contribution in [0, 0.1) is 0 Å². The van der Waals surface area contributed by atoms with E-state index in [2.05, 4.69) is 15.0 Å². The number of nitrogen functional groups attached to an aromatic ring is 1. The smallest absolute Gasteiger partial charge is 0.327 e. The van der Waals surface area contributed by atoms with Gasteiger partial charge in [0.05, 0.1) is 18.1 Å². The quantitative estimate of drug-likeness (QED) is 0.162. The number of rotatable bonds is 15. The summed E-state index contributed by atoms with van der Waals surface area (Å²) in [4.78, 5) is 35.0. The summed E-state index contributed by atoms with van der Waals surface area (Å²) in [7, 11) is -2.41. The first-order valence-electron chi connectivity index (χ1n) is 12.3. The van der Waals surface area contributed by atoms with Crippen LogP contribution in [0.3, 0.4) is 0 Å². The van der Waals surface area contributed by atoms with E-state index in [0.717, 1.165) is 12.8 Å². The van der Waals surface area contributed by atoms with Crippen molar-refractivity contribution in [3.05, 3.63) is 34.7 Å². The molecule has 0 aliphatic carbocycles. The van der Waals surface area contributed by atoms with Crippen LogP contribution in [0.1, 0.15) is 39.5 Å². The van der Waals surface area contributed by atoms with Crippen LogP contribution in [0.4, 0.5) is 5.82 Å². The van der Waals surface area contributed by atoms with Crippen LogP contribution >= 0.6 is 0 Å². The van der Waals surface area contributed by atoms with Gasteiger partial charge in [0.1, 0.15) is 11.3 Å². The Hall–Kier alpha value is -3.49. The van der Waals surface area contributed by atoms with Crippen molar-refractivity contribution in [3.63, 3.8) is 0 Å². The van der Waals surface area contributed by atoms with Gasteiger partial charge in [-0.2, -0.15) is 14.3 Å². The third-order valence-corrected chi connectivity index (χ3v) is 7.54. The lowest BCUT2D eigenvalue weighted by atomic mass is 10.3. The Kier molecular flexibility index (Phi) is 10.2. The first-order valence-corrected chi connectivity index (χ1v) is 13.8. The van der Waals surface area contributed by atoms with Crippen LogP contribution in [0.5, 0.6) is 11.8 Å². The van der Waals surface area contributed by atoms with Crippen molar-refractivity contribution in [1.29, 1.82) is 0 Å². The number of carbonyl (C=O) groups is 1. The Morgan fingerprint density at radius 3 is 2.66 bits per heavy atom. The Morgan fingerprint density at radius 1 is 1.16 bits per heavy atom. The summed E-state index contributed by atoms with van der Waals surface area (Å²) in [6.07, 6.45) is 2.71. The van der Waals surface area contributed by atoms with E-state index in [1.807, 2.05) is 6.92 Å². The van der Waals surface area contributed by atoms with Gasteiger partial charge < -0.3 is 24.9 Å². The zero-order valence-corrected chi connectivity index (χ0v) is 22.6. The molecule has 0 fully saturated rings. The molecule has 14 heteroatoms. The number of anilines is 1. The molecule has 3 aromatic rings. The zero-order valence-electron chi connectivity index (χ0n) is 21.8. The molecule has 0 unspecified atom stereocenters. The van der Waals surface area contributed by atoms with Gasteiger partial charge in [-0.05, 0) is 31.4 Å². The second-order valence-electron chi connectivity index (χ2n) is 8.55. The van der Waals surface area contributed by atoms with Crippen molar-refractivity contribution in [3.8, 4) is 11.8 Å². The SMILES string of the molecule is CCCCOc1nc(N)c2[nH]c(=O)n(CCCCN(CCOC)S(=O)(=O)c3cccc(OC(C)=O)c3)c2n1. The highest BCUT2D eigenvalue weighted by atomic mass is 32.2. The molecule has 0 amide bonds. The third-order valence-electron chi connectivity index (χ3n) is 5.65. The number of aromatic nitrogens is 4. The highest BCUT2D eigenvalue weighted by Gasteiger charge is 2.25. The molecule has 0 spiro atoms. The lowest BCUT2D eigenvalue weighted by molar-refractivity contribution is -0.131.